The molecule has 2 aromatic rings. The molecule has 6 nitrogen and oxygen atoms in total. The van der Waals surface area contributed by atoms with Crippen molar-refractivity contribution in [2.75, 3.05) is 0 Å². The Balaban J connectivity index is 2.49. The minimum atomic E-state index is -4.63. The highest BCUT2D eigenvalue weighted by Gasteiger charge is 2.37. The van der Waals surface area contributed by atoms with E-state index in [-0.39, 0.29) is 23.5 Å². The summed E-state index contributed by atoms with van der Waals surface area (Å²) < 4.78 is 39.8. The number of nitrogens with zero attached hydrogens (tertiary/aromatic N) is 3. The van der Waals surface area contributed by atoms with E-state index >= 15 is 0 Å². The Kier molecular flexibility index (Phi) is 4.42. The van der Waals surface area contributed by atoms with Gasteiger partial charge in [0.15, 0.2) is 5.69 Å². The van der Waals surface area contributed by atoms with Gasteiger partial charge in [0.1, 0.15) is 0 Å². The van der Waals surface area contributed by atoms with E-state index in [0.717, 1.165) is 4.68 Å². The van der Waals surface area contributed by atoms with Gasteiger partial charge in [-0.2, -0.15) is 18.3 Å². The zero-order valence-corrected chi connectivity index (χ0v) is 12.4. The zero-order valence-electron chi connectivity index (χ0n) is 12.4. The minimum absolute atomic E-state index is 0.0308. The summed E-state index contributed by atoms with van der Waals surface area (Å²) in [7, 11) is 0. The summed E-state index contributed by atoms with van der Waals surface area (Å²) in [4.78, 5) is 10.4. The van der Waals surface area contributed by atoms with Crippen molar-refractivity contribution in [1.29, 1.82) is 0 Å². The molecule has 124 valence electrons. The number of nitro benzene ring substituents is 1. The fourth-order valence-electron chi connectivity index (χ4n) is 2.39. The molecule has 0 aliphatic heterocycles. The Labute approximate surface area is 129 Å². The SMILES string of the molecule is Cc1c(Cn2nc(C(F)(F)F)c(C)c2CO)cccc1[N+](=O)[O-]. The van der Waals surface area contributed by atoms with E-state index in [1.807, 2.05) is 0 Å². The fraction of sp³-hybridized carbons (Fsp3) is 0.357. The summed E-state index contributed by atoms with van der Waals surface area (Å²) in [5.41, 5.74) is -0.489. The molecule has 2 rings (SSSR count). The number of aliphatic hydroxyl groups is 1. The highest BCUT2D eigenvalue weighted by molar-refractivity contribution is 5.44. The van der Waals surface area contributed by atoms with Crippen molar-refractivity contribution in [3.05, 3.63) is 56.4 Å². The van der Waals surface area contributed by atoms with Crippen LogP contribution in [0.25, 0.3) is 0 Å². The zero-order chi connectivity index (χ0) is 17.4. The molecule has 0 aliphatic carbocycles. The summed E-state index contributed by atoms with van der Waals surface area (Å²) in [5, 5.41) is 23.8. The lowest BCUT2D eigenvalue weighted by Gasteiger charge is -2.09. The second-order valence-electron chi connectivity index (χ2n) is 5.05. The van der Waals surface area contributed by atoms with Crippen LogP contribution in [0.15, 0.2) is 18.2 Å². The number of alkyl halides is 3. The third-order valence-electron chi connectivity index (χ3n) is 3.67. The fourth-order valence-corrected chi connectivity index (χ4v) is 2.39. The van der Waals surface area contributed by atoms with Crippen LogP contribution < -0.4 is 0 Å². The lowest BCUT2D eigenvalue weighted by molar-refractivity contribution is -0.385. The molecule has 0 saturated heterocycles. The average molecular weight is 329 g/mol. The Hall–Kier alpha value is -2.42. The normalized spacial score (nSPS) is 11.7. The molecule has 1 aromatic carbocycles. The molecule has 1 heterocycles. The van der Waals surface area contributed by atoms with Gasteiger partial charge in [0, 0.05) is 17.2 Å². The van der Waals surface area contributed by atoms with Crippen molar-refractivity contribution in [2.24, 2.45) is 0 Å². The first-order chi connectivity index (χ1) is 10.7. The third-order valence-corrected chi connectivity index (χ3v) is 3.67. The smallest absolute Gasteiger partial charge is 0.390 e. The highest BCUT2D eigenvalue weighted by atomic mass is 19.4. The summed E-state index contributed by atoms with van der Waals surface area (Å²) in [5.74, 6) is 0. The maximum absolute atomic E-state index is 12.9. The van der Waals surface area contributed by atoms with Gasteiger partial charge >= 0.3 is 6.18 Å². The van der Waals surface area contributed by atoms with Crippen molar-refractivity contribution >= 4 is 5.69 Å². The number of aliphatic hydroxyl groups excluding tert-OH is 1. The van der Waals surface area contributed by atoms with Gasteiger partial charge in [-0.05, 0) is 19.4 Å². The van der Waals surface area contributed by atoms with E-state index in [9.17, 15) is 28.4 Å². The monoisotopic (exact) mass is 329 g/mol. The first-order valence-corrected chi connectivity index (χ1v) is 6.64. The van der Waals surface area contributed by atoms with Crippen LogP contribution in [0.5, 0.6) is 0 Å². The van der Waals surface area contributed by atoms with Crippen LogP contribution in [0.1, 0.15) is 28.1 Å². The molecule has 0 atom stereocenters. The molecule has 0 amide bonds. The van der Waals surface area contributed by atoms with Crippen LogP contribution in [0.4, 0.5) is 18.9 Å². The number of benzene rings is 1. The first kappa shape index (κ1) is 16.9. The highest BCUT2D eigenvalue weighted by Crippen LogP contribution is 2.32. The molecule has 0 spiro atoms. The van der Waals surface area contributed by atoms with Crippen LogP contribution in [0, 0.1) is 24.0 Å². The first-order valence-electron chi connectivity index (χ1n) is 6.64. The van der Waals surface area contributed by atoms with E-state index in [0.29, 0.717) is 11.1 Å². The summed E-state index contributed by atoms with van der Waals surface area (Å²) in [6.45, 7) is 2.05. The van der Waals surface area contributed by atoms with Crippen LogP contribution in [0.2, 0.25) is 0 Å². The van der Waals surface area contributed by atoms with Crippen LogP contribution in [0.3, 0.4) is 0 Å². The number of nitro groups is 1. The standard InChI is InChI=1S/C14H14F3N3O3/c1-8-10(4-3-5-11(8)20(22)23)6-19-12(7-21)9(2)13(18-19)14(15,16)17/h3-5,21H,6-7H2,1-2H3. The molecular weight excluding hydrogens is 315 g/mol. The second-order valence-corrected chi connectivity index (χ2v) is 5.05. The van der Waals surface area contributed by atoms with Crippen LogP contribution in [-0.2, 0) is 19.3 Å². The molecule has 9 heteroatoms. The molecule has 1 N–H and O–H groups in total. The van der Waals surface area contributed by atoms with E-state index < -0.39 is 23.4 Å². The molecule has 0 radical (unpaired) electrons. The van der Waals surface area contributed by atoms with Gasteiger partial charge in [-0.3, -0.25) is 14.8 Å². The quantitative estimate of drug-likeness (QED) is 0.691. The molecular formula is C14H14F3N3O3. The summed E-state index contributed by atoms with van der Waals surface area (Å²) in [6, 6.07) is 4.36. The predicted octanol–water partition coefficient (Wildman–Crippen LogP) is 2.97. The van der Waals surface area contributed by atoms with E-state index in [1.54, 1.807) is 6.07 Å². The second kappa shape index (κ2) is 5.99. The van der Waals surface area contributed by atoms with E-state index in [4.69, 9.17) is 0 Å². The van der Waals surface area contributed by atoms with Crippen molar-refractivity contribution in [1.82, 2.24) is 9.78 Å². The van der Waals surface area contributed by atoms with Crippen molar-refractivity contribution in [2.45, 2.75) is 33.2 Å². The van der Waals surface area contributed by atoms with Crippen molar-refractivity contribution in [3.8, 4) is 0 Å². The Morgan fingerprint density at radius 3 is 2.48 bits per heavy atom. The molecule has 1 aromatic heterocycles. The van der Waals surface area contributed by atoms with E-state index in [2.05, 4.69) is 5.10 Å². The number of hydrogen-bond donors (Lipinski definition) is 1. The Morgan fingerprint density at radius 1 is 1.30 bits per heavy atom. The number of rotatable bonds is 4. The van der Waals surface area contributed by atoms with Crippen molar-refractivity contribution < 1.29 is 23.2 Å². The summed E-state index contributed by atoms with van der Waals surface area (Å²) in [6.07, 6.45) is -4.63. The van der Waals surface area contributed by atoms with Gasteiger partial charge in [-0.1, -0.05) is 12.1 Å². The Morgan fingerprint density at radius 2 is 1.96 bits per heavy atom. The molecule has 0 saturated carbocycles. The topological polar surface area (TPSA) is 81.2 Å². The maximum atomic E-state index is 12.9. The Bertz CT molecular complexity index is 754. The predicted molar refractivity (Wildman–Crippen MR) is 74.8 cm³/mol. The lowest BCUT2D eigenvalue weighted by Crippen LogP contribution is -2.11. The van der Waals surface area contributed by atoms with Gasteiger partial charge in [0.2, 0.25) is 0 Å². The van der Waals surface area contributed by atoms with Gasteiger partial charge in [-0.25, -0.2) is 0 Å². The third kappa shape index (κ3) is 3.19. The molecule has 0 aliphatic rings. The average Bonchev–Trinajstić information content (AvgIpc) is 2.76. The van der Waals surface area contributed by atoms with Crippen LogP contribution >= 0.6 is 0 Å². The number of halogens is 3. The molecule has 0 fully saturated rings. The number of aromatic nitrogens is 2. The van der Waals surface area contributed by atoms with Gasteiger partial charge in [-0.15, -0.1) is 0 Å². The van der Waals surface area contributed by atoms with Gasteiger partial charge in [0.25, 0.3) is 5.69 Å². The van der Waals surface area contributed by atoms with E-state index in [1.165, 1.54) is 26.0 Å². The summed E-state index contributed by atoms with van der Waals surface area (Å²) >= 11 is 0. The molecule has 23 heavy (non-hydrogen) atoms. The molecule has 0 bridgehead atoms. The van der Waals surface area contributed by atoms with Gasteiger partial charge < -0.3 is 5.11 Å². The molecule has 0 unspecified atom stereocenters. The van der Waals surface area contributed by atoms with Gasteiger partial charge in [0.05, 0.1) is 23.8 Å². The van der Waals surface area contributed by atoms with Crippen molar-refractivity contribution in [3.63, 3.8) is 0 Å². The maximum Gasteiger partial charge on any atom is 0.435 e. The van der Waals surface area contributed by atoms with Crippen LogP contribution in [-0.4, -0.2) is 19.8 Å². The largest absolute Gasteiger partial charge is 0.435 e. The minimum Gasteiger partial charge on any atom is -0.390 e. The number of hydrogen-bond acceptors (Lipinski definition) is 4. The lowest BCUT2D eigenvalue weighted by atomic mass is 10.1.